The molecule has 0 spiro atoms. The molecular formula is C22H22N2O5. The molecule has 2 aromatic carbocycles. The third-order valence-electron chi connectivity index (χ3n) is 4.58. The topological polar surface area (TPSA) is 87.5 Å². The summed E-state index contributed by atoms with van der Waals surface area (Å²) in [6.07, 6.45) is 0. The molecule has 7 heteroatoms. The summed E-state index contributed by atoms with van der Waals surface area (Å²) in [6, 6.07) is 10.6. The fraction of sp³-hybridized carbons (Fsp3) is 0.273. The number of rotatable bonds is 5. The second kappa shape index (κ2) is 8.26. The number of ether oxygens (including phenoxy) is 2. The molecule has 1 heterocycles. The maximum atomic E-state index is 13.5. The first kappa shape index (κ1) is 20.3. The van der Waals surface area contributed by atoms with Crippen molar-refractivity contribution < 1.29 is 19.1 Å². The predicted molar refractivity (Wildman–Crippen MR) is 108 cm³/mol. The third kappa shape index (κ3) is 3.89. The maximum absolute atomic E-state index is 13.5. The zero-order chi connectivity index (χ0) is 21.1. The minimum Gasteiger partial charge on any atom is -0.462 e. The zero-order valence-corrected chi connectivity index (χ0v) is 16.8. The molecule has 0 radical (unpaired) electrons. The second-order valence-corrected chi connectivity index (χ2v) is 6.59. The zero-order valence-electron chi connectivity index (χ0n) is 16.8. The first-order valence-corrected chi connectivity index (χ1v) is 9.26. The maximum Gasteiger partial charge on any atom is 0.338 e. The van der Waals surface area contributed by atoms with E-state index >= 15 is 0 Å². The highest BCUT2D eigenvalue weighted by molar-refractivity contribution is 5.99. The molecule has 0 N–H and O–H groups in total. The normalized spacial score (nSPS) is 10.8. The predicted octanol–water partition coefficient (Wildman–Crippen LogP) is 3.24. The number of hydrogen-bond acceptors (Lipinski definition) is 6. The Bertz CT molecular complexity index is 1150. The van der Waals surface area contributed by atoms with Gasteiger partial charge in [-0.15, -0.1) is 0 Å². The van der Waals surface area contributed by atoms with Crippen LogP contribution in [0.5, 0.6) is 0 Å². The van der Waals surface area contributed by atoms with E-state index in [0.717, 1.165) is 0 Å². The van der Waals surface area contributed by atoms with E-state index in [1.165, 1.54) is 11.5 Å². The lowest BCUT2D eigenvalue weighted by Gasteiger charge is -2.16. The number of esters is 2. The van der Waals surface area contributed by atoms with Crippen molar-refractivity contribution in [2.45, 2.75) is 34.3 Å². The monoisotopic (exact) mass is 394 g/mol. The Morgan fingerprint density at radius 1 is 1.10 bits per heavy atom. The van der Waals surface area contributed by atoms with Crippen LogP contribution in [0.2, 0.25) is 0 Å². The van der Waals surface area contributed by atoms with Crippen LogP contribution < -0.4 is 5.56 Å². The van der Waals surface area contributed by atoms with Crippen molar-refractivity contribution in [3.05, 3.63) is 69.3 Å². The highest BCUT2D eigenvalue weighted by atomic mass is 16.5. The number of carbonyl (C=O) groups is 2. The van der Waals surface area contributed by atoms with Crippen LogP contribution in [0.15, 0.2) is 41.2 Å². The minimum atomic E-state index is -0.473. The van der Waals surface area contributed by atoms with Crippen molar-refractivity contribution >= 4 is 22.8 Å². The Morgan fingerprint density at radius 2 is 1.79 bits per heavy atom. The average molecular weight is 394 g/mol. The van der Waals surface area contributed by atoms with Gasteiger partial charge in [0.25, 0.3) is 5.56 Å². The van der Waals surface area contributed by atoms with Crippen molar-refractivity contribution in [2.75, 3.05) is 6.61 Å². The van der Waals surface area contributed by atoms with Gasteiger partial charge in [0.15, 0.2) is 5.82 Å². The number of aryl methyl sites for hydroxylation is 2. The van der Waals surface area contributed by atoms with Crippen LogP contribution in [0.25, 0.3) is 16.6 Å². The molecule has 150 valence electrons. The van der Waals surface area contributed by atoms with Gasteiger partial charge in [0.1, 0.15) is 6.61 Å². The lowest BCUT2D eigenvalue weighted by molar-refractivity contribution is -0.142. The first-order valence-electron chi connectivity index (χ1n) is 9.26. The second-order valence-electron chi connectivity index (χ2n) is 6.59. The van der Waals surface area contributed by atoms with E-state index in [9.17, 15) is 14.4 Å². The Kier molecular flexibility index (Phi) is 5.77. The molecular weight excluding hydrogens is 372 g/mol. The van der Waals surface area contributed by atoms with Crippen LogP contribution in [0.4, 0.5) is 0 Å². The molecule has 0 atom stereocenters. The van der Waals surface area contributed by atoms with Crippen LogP contribution in [0, 0.1) is 13.8 Å². The fourth-order valence-corrected chi connectivity index (χ4v) is 3.36. The van der Waals surface area contributed by atoms with E-state index in [4.69, 9.17) is 9.47 Å². The van der Waals surface area contributed by atoms with Crippen molar-refractivity contribution in [2.24, 2.45) is 0 Å². The average Bonchev–Trinajstić information content (AvgIpc) is 2.66. The van der Waals surface area contributed by atoms with Gasteiger partial charge in [-0.25, -0.2) is 9.78 Å². The summed E-state index contributed by atoms with van der Waals surface area (Å²) in [5.41, 5.74) is 2.23. The minimum absolute atomic E-state index is 0.146. The van der Waals surface area contributed by atoms with Gasteiger partial charge >= 0.3 is 11.9 Å². The summed E-state index contributed by atoms with van der Waals surface area (Å²) in [5.74, 6) is -0.644. The molecule has 0 amide bonds. The molecule has 0 bridgehead atoms. The van der Waals surface area contributed by atoms with Crippen LogP contribution in [-0.4, -0.2) is 28.1 Å². The van der Waals surface area contributed by atoms with Crippen molar-refractivity contribution in [3.63, 3.8) is 0 Å². The third-order valence-corrected chi connectivity index (χ3v) is 4.58. The van der Waals surface area contributed by atoms with Crippen LogP contribution in [0.1, 0.15) is 41.2 Å². The molecule has 0 saturated heterocycles. The molecule has 0 fully saturated rings. The summed E-state index contributed by atoms with van der Waals surface area (Å²) in [5, 5.41) is 0.328. The smallest absolute Gasteiger partial charge is 0.338 e. The number of para-hydroxylation sites is 1. The summed E-state index contributed by atoms with van der Waals surface area (Å²) < 4.78 is 11.7. The van der Waals surface area contributed by atoms with Crippen molar-refractivity contribution in [3.8, 4) is 5.69 Å². The molecule has 0 aliphatic carbocycles. The van der Waals surface area contributed by atoms with Gasteiger partial charge in [-0.2, -0.15) is 0 Å². The van der Waals surface area contributed by atoms with Crippen LogP contribution >= 0.6 is 0 Å². The van der Waals surface area contributed by atoms with Crippen LogP contribution in [-0.2, 0) is 20.9 Å². The Hall–Kier alpha value is -3.48. The van der Waals surface area contributed by atoms with E-state index in [2.05, 4.69) is 4.98 Å². The molecule has 0 aliphatic rings. The summed E-state index contributed by atoms with van der Waals surface area (Å²) in [4.78, 5) is 41.8. The Labute approximate surface area is 167 Å². The molecule has 0 aliphatic heterocycles. The summed E-state index contributed by atoms with van der Waals surface area (Å²) >= 11 is 0. The van der Waals surface area contributed by atoms with Gasteiger partial charge in [0.2, 0.25) is 0 Å². The van der Waals surface area contributed by atoms with Gasteiger partial charge in [-0.1, -0.05) is 18.2 Å². The van der Waals surface area contributed by atoms with Gasteiger partial charge < -0.3 is 9.47 Å². The van der Waals surface area contributed by atoms with Crippen LogP contribution in [0.3, 0.4) is 0 Å². The SMILES string of the molecule is CCOC(=O)c1c(C)cc2nc(COC(C)=O)n(-c3ccccc3)c(=O)c2c1C. The summed E-state index contributed by atoms with van der Waals surface area (Å²) in [7, 11) is 0. The number of fused-ring (bicyclic) bond motifs is 1. The van der Waals surface area contributed by atoms with Crippen molar-refractivity contribution in [1.82, 2.24) is 9.55 Å². The lowest BCUT2D eigenvalue weighted by Crippen LogP contribution is -2.26. The quantitative estimate of drug-likeness (QED) is 0.618. The molecule has 0 saturated carbocycles. The van der Waals surface area contributed by atoms with E-state index in [-0.39, 0.29) is 18.8 Å². The molecule has 29 heavy (non-hydrogen) atoms. The highest BCUT2D eigenvalue weighted by Crippen LogP contribution is 2.24. The fourth-order valence-electron chi connectivity index (χ4n) is 3.36. The summed E-state index contributed by atoms with van der Waals surface area (Å²) in [6.45, 7) is 6.61. The van der Waals surface area contributed by atoms with E-state index in [0.29, 0.717) is 39.1 Å². The number of carbonyl (C=O) groups excluding carboxylic acids is 2. The molecule has 1 aromatic heterocycles. The van der Waals surface area contributed by atoms with Gasteiger partial charge in [-0.05, 0) is 50.1 Å². The Morgan fingerprint density at radius 3 is 2.41 bits per heavy atom. The van der Waals surface area contributed by atoms with E-state index in [1.807, 2.05) is 6.07 Å². The number of aromatic nitrogens is 2. The largest absolute Gasteiger partial charge is 0.462 e. The molecule has 7 nitrogen and oxygen atoms in total. The molecule has 3 aromatic rings. The standard InChI is InChI=1S/C22H22N2O5/c1-5-28-22(27)19-13(2)11-17-20(14(19)3)21(26)24(16-9-7-6-8-10-16)18(23-17)12-29-15(4)25/h6-11H,5,12H2,1-4H3. The van der Waals surface area contributed by atoms with Gasteiger partial charge in [0, 0.05) is 6.92 Å². The number of hydrogen-bond donors (Lipinski definition) is 0. The first-order chi connectivity index (χ1) is 13.8. The van der Waals surface area contributed by atoms with Gasteiger partial charge in [0.05, 0.1) is 28.8 Å². The van der Waals surface area contributed by atoms with E-state index < -0.39 is 11.9 Å². The van der Waals surface area contributed by atoms with E-state index in [1.54, 1.807) is 51.1 Å². The van der Waals surface area contributed by atoms with Crippen molar-refractivity contribution in [1.29, 1.82) is 0 Å². The number of nitrogens with zero attached hydrogens (tertiary/aromatic N) is 2. The lowest BCUT2D eigenvalue weighted by atomic mass is 9.98. The van der Waals surface area contributed by atoms with Gasteiger partial charge in [-0.3, -0.25) is 14.2 Å². The highest BCUT2D eigenvalue weighted by Gasteiger charge is 2.21. The Balaban J connectivity index is 2.35. The molecule has 3 rings (SSSR count). The number of benzene rings is 2. The molecule has 0 unspecified atom stereocenters.